The molecule has 1 aliphatic heterocycles. The fourth-order valence-corrected chi connectivity index (χ4v) is 3.54. The van der Waals surface area contributed by atoms with Crippen LogP contribution in [0.1, 0.15) is 19.8 Å². The van der Waals surface area contributed by atoms with Gasteiger partial charge in [-0.15, -0.1) is 0 Å². The average Bonchev–Trinajstić information content (AvgIpc) is 2.50. The van der Waals surface area contributed by atoms with E-state index in [1.807, 2.05) is 0 Å². The van der Waals surface area contributed by atoms with Crippen LogP contribution in [-0.4, -0.2) is 40.0 Å². The summed E-state index contributed by atoms with van der Waals surface area (Å²) in [6.07, 6.45) is 0.936. The Bertz CT molecular complexity index is 634. The highest BCUT2D eigenvalue weighted by Gasteiger charge is 2.22. The molecule has 0 saturated carbocycles. The van der Waals surface area contributed by atoms with Crippen LogP contribution in [0.5, 0.6) is 0 Å². The molecule has 2 atom stereocenters. The molecule has 1 saturated heterocycles. The van der Waals surface area contributed by atoms with Crippen molar-refractivity contribution < 1.29 is 17.6 Å². The van der Waals surface area contributed by atoms with Gasteiger partial charge in [-0.05, 0) is 49.7 Å². The van der Waals surface area contributed by atoms with E-state index >= 15 is 0 Å². The zero-order valence-corrected chi connectivity index (χ0v) is 13.8. The van der Waals surface area contributed by atoms with Crippen molar-refractivity contribution in [3.63, 3.8) is 0 Å². The van der Waals surface area contributed by atoms with Gasteiger partial charge in [-0.2, -0.15) is 0 Å². The topological polar surface area (TPSA) is 87.3 Å². The number of benzene rings is 1. The Labute approximate surface area is 135 Å². The van der Waals surface area contributed by atoms with Gasteiger partial charge in [0.05, 0.1) is 4.90 Å². The number of hydrogen-bond acceptors (Lipinski definition) is 4. The molecule has 0 bridgehead atoms. The van der Waals surface area contributed by atoms with Gasteiger partial charge in [0.2, 0.25) is 15.9 Å². The number of sulfonamides is 1. The first-order valence-electron chi connectivity index (χ1n) is 7.64. The summed E-state index contributed by atoms with van der Waals surface area (Å²) in [6, 6.07) is 4.67. The van der Waals surface area contributed by atoms with Crippen LogP contribution in [0.15, 0.2) is 29.2 Å². The molecular formula is C15H22FN3O3S. The molecule has 1 heterocycles. The van der Waals surface area contributed by atoms with E-state index in [-0.39, 0.29) is 29.8 Å². The first kappa shape index (κ1) is 17.8. The van der Waals surface area contributed by atoms with Crippen LogP contribution >= 0.6 is 0 Å². The second-order valence-corrected chi connectivity index (χ2v) is 7.51. The van der Waals surface area contributed by atoms with E-state index in [2.05, 4.69) is 22.3 Å². The summed E-state index contributed by atoms with van der Waals surface area (Å²) in [5.41, 5.74) is 0. The third-order valence-corrected chi connectivity index (χ3v) is 5.38. The molecule has 3 N–H and O–H groups in total. The number of hydrogen-bond donors (Lipinski definition) is 3. The largest absolute Gasteiger partial charge is 0.353 e. The lowest BCUT2D eigenvalue weighted by Crippen LogP contribution is -2.48. The molecule has 1 aliphatic rings. The SMILES string of the molecule is CC1CNCCC1NC(=O)CCNS(=O)(=O)c1ccc(F)cc1. The van der Waals surface area contributed by atoms with Gasteiger partial charge in [-0.1, -0.05) is 6.92 Å². The molecule has 2 rings (SSSR count). The van der Waals surface area contributed by atoms with Crippen molar-refractivity contribution in [2.75, 3.05) is 19.6 Å². The molecule has 0 spiro atoms. The maximum absolute atomic E-state index is 12.8. The van der Waals surface area contributed by atoms with E-state index in [0.717, 1.165) is 31.6 Å². The van der Waals surface area contributed by atoms with Crippen molar-refractivity contribution in [3.8, 4) is 0 Å². The van der Waals surface area contributed by atoms with Gasteiger partial charge in [-0.25, -0.2) is 17.5 Å². The highest BCUT2D eigenvalue weighted by atomic mass is 32.2. The van der Waals surface area contributed by atoms with Crippen LogP contribution in [-0.2, 0) is 14.8 Å². The van der Waals surface area contributed by atoms with Crippen molar-refractivity contribution in [1.82, 2.24) is 15.4 Å². The van der Waals surface area contributed by atoms with Crippen LogP contribution in [0.3, 0.4) is 0 Å². The monoisotopic (exact) mass is 343 g/mol. The van der Waals surface area contributed by atoms with Crippen LogP contribution < -0.4 is 15.4 Å². The number of amides is 1. The molecule has 1 amide bonds. The normalized spacial score (nSPS) is 21.8. The molecule has 2 unspecified atom stereocenters. The fraction of sp³-hybridized carbons (Fsp3) is 0.533. The zero-order valence-electron chi connectivity index (χ0n) is 13.0. The third kappa shape index (κ3) is 5.26. The van der Waals surface area contributed by atoms with Crippen LogP contribution in [0, 0.1) is 11.7 Å². The van der Waals surface area contributed by atoms with Gasteiger partial charge >= 0.3 is 0 Å². The summed E-state index contributed by atoms with van der Waals surface area (Å²) in [6.45, 7) is 3.80. The standard InChI is InChI=1S/C15H22FN3O3S/c1-11-10-17-8-6-14(11)19-15(20)7-9-18-23(21,22)13-4-2-12(16)3-5-13/h2-5,11,14,17-18H,6-10H2,1H3,(H,19,20). The minimum Gasteiger partial charge on any atom is -0.353 e. The lowest BCUT2D eigenvalue weighted by Gasteiger charge is -2.30. The molecule has 128 valence electrons. The Balaban J connectivity index is 1.79. The van der Waals surface area contributed by atoms with E-state index in [1.165, 1.54) is 12.1 Å². The molecule has 6 nitrogen and oxygen atoms in total. The van der Waals surface area contributed by atoms with Crippen LogP contribution in [0.25, 0.3) is 0 Å². The minimum absolute atomic E-state index is 0.00486. The highest BCUT2D eigenvalue weighted by molar-refractivity contribution is 7.89. The van der Waals surface area contributed by atoms with E-state index in [9.17, 15) is 17.6 Å². The Morgan fingerprint density at radius 2 is 2.04 bits per heavy atom. The number of halogens is 1. The van der Waals surface area contributed by atoms with E-state index < -0.39 is 15.8 Å². The second kappa shape index (κ2) is 7.85. The summed E-state index contributed by atoms with van der Waals surface area (Å²) in [5.74, 6) is -0.325. The first-order valence-corrected chi connectivity index (χ1v) is 9.12. The van der Waals surface area contributed by atoms with Crippen LogP contribution in [0.2, 0.25) is 0 Å². The molecule has 1 fully saturated rings. The van der Waals surface area contributed by atoms with E-state index in [4.69, 9.17) is 0 Å². The molecule has 1 aromatic carbocycles. The smallest absolute Gasteiger partial charge is 0.240 e. The van der Waals surface area contributed by atoms with E-state index in [0.29, 0.717) is 5.92 Å². The van der Waals surface area contributed by atoms with Gasteiger partial charge in [0.25, 0.3) is 0 Å². The predicted molar refractivity (Wildman–Crippen MR) is 84.8 cm³/mol. The Hall–Kier alpha value is -1.51. The summed E-state index contributed by atoms with van der Waals surface area (Å²) >= 11 is 0. The van der Waals surface area contributed by atoms with Crippen LogP contribution in [0.4, 0.5) is 4.39 Å². The minimum atomic E-state index is -3.72. The van der Waals surface area contributed by atoms with Crippen molar-refractivity contribution >= 4 is 15.9 Å². The molecule has 8 heteroatoms. The van der Waals surface area contributed by atoms with Crippen molar-refractivity contribution in [2.24, 2.45) is 5.92 Å². The number of piperidine rings is 1. The quantitative estimate of drug-likeness (QED) is 0.706. The lowest BCUT2D eigenvalue weighted by atomic mass is 9.95. The summed E-state index contributed by atoms with van der Waals surface area (Å²) < 4.78 is 39.2. The zero-order chi connectivity index (χ0) is 16.9. The summed E-state index contributed by atoms with van der Waals surface area (Å²) in [7, 11) is -3.72. The van der Waals surface area contributed by atoms with Crippen molar-refractivity contribution in [3.05, 3.63) is 30.1 Å². The van der Waals surface area contributed by atoms with Gasteiger partial charge in [0.15, 0.2) is 0 Å². The summed E-state index contributed by atoms with van der Waals surface area (Å²) in [4.78, 5) is 11.9. The number of carbonyl (C=O) groups excluding carboxylic acids is 1. The maximum Gasteiger partial charge on any atom is 0.240 e. The van der Waals surface area contributed by atoms with Crippen molar-refractivity contribution in [2.45, 2.75) is 30.7 Å². The Morgan fingerprint density at radius 3 is 2.70 bits per heavy atom. The first-order chi connectivity index (χ1) is 10.9. The maximum atomic E-state index is 12.8. The summed E-state index contributed by atoms with van der Waals surface area (Å²) in [5, 5.41) is 6.19. The average molecular weight is 343 g/mol. The number of rotatable bonds is 6. The molecule has 23 heavy (non-hydrogen) atoms. The molecule has 1 aromatic rings. The van der Waals surface area contributed by atoms with Gasteiger partial charge in [0.1, 0.15) is 5.82 Å². The number of carbonyl (C=O) groups is 1. The highest BCUT2D eigenvalue weighted by Crippen LogP contribution is 2.11. The number of nitrogens with one attached hydrogen (secondary N) is 3. The third-order valence-electron chi connectivity index (χ3n) is 3.90. The van der Waals surface area contributed by atoms with Gasteiger partial charge in [-0.3, -0.25) is 4.79 Å². The molecule has 0 aliphatic carbocycles. The van der Waals surface area contributed by atoms with E-state index in [1.54, 1.807) is 0 Å². The van der Waals surface area contributed by atoms with Gasteiger partial charge in [0, 0.05) is 19.0 Å². The fourth-order valence-electron chi connectivity index (χ4n) is 2.50. The van der Waals surface area contributed by atoms with Crippen molar-refractivity contribution in [1.29, 1.82) is 0 Å². The lowest BCUT2D eigenvalue weighted by molar-refractivity contribution is -0.122. The predicted octanol–water partition coefficient (Wildman–Crippen LogP) is 0.608. The Kier molecular flexibility index (Phi) is 6.09. The second-order valence-electron chi connectivity index (χ2n) is 5.75. The molecule has 0 aromatic heterocycles. The Morgan fingerprint density at radius 1 is 1.35 bits per heavy atom. The van der Waals surface area contributed by atoms with Gasteiger partial charge < -0.3 is 10.6 Å². The molecule has 0 radical (unpaired) electrons. The molecular weight excluding hydrogens is 321 g/mol.